The first kappa shape index (κ1) is 24.6. The van der Waals surface area contributed by atoms with Crippen LogP contribution in [0.5, 0.6) is 0 Å². The molecule has 32 heavy (non-hydrogen) atoms. The van der Waals surface area contributed by atoms with Crippen molar-refractivity contribution in [2.24, 2.45) is 0 Å². The highest BCUT2D eigenvalue weighted by atomic mass is 35.5. The van der Waals surface area contributed by atoms with Crippen molar-refractivity contribution in [2.45, 2.75) is 18.2 Å². The zero-order chi connectivity index (χ0) is 23.3. The van der Waals surface area contributed by atoms with E-state index in [1.807, 2.05) is 37.3 Å². The van der Waals surface area contributed by atoms with E-state index in [0.717, 1.165) is 15.4 Å². The van der Waals surface area contributed by atoms with Crippen LogP contribution >= 0.6 is 34.8 Å². The number of amides is 1. The molecule has 0 saturated carbocycles. The normalized spacial score (nSPS) is 11.5. The van der Waals surface area contributed by atoms with Crippen LogP contribution in [0.15, 0.2) is 71.6 Å². The number of aryl methyl sites for hydroxylation is 1. The molecule has 0 aromatic heterocycles. The molecule has 3 rings (SSSR count). The van der Waals surface area contributed by atoms with Gasteiger partial charge in [-0.1, -0.05) is 82.8 Å². The second kappa shape index (κ2) is 10.7. The molecule has 0 heterocycles. The Kier molecular flexibility index (Phi) is 8.20. The molecule has 1 amide bonds. The van der Waals surface area contributed by atoms with Crippen LogP contribution < -0.4 is 5.32 Å². The second-order valence-corrected chi connectivity index (χ2v) is 10.3. The molecule has 0 aliphatic carbocycles. The van der Waals surface area contributed by atoms with Crippen molar-refractivity contribution in [1.29, 1.82) is 0 Å². The van der Waals surface area contributed by atoms with Crippen LogP contribution in [-0.4, -0.2) is 31.7 Å². The molecule has 0 spiro atoms. The highest BCUT2D eigenvalue weighted by molar-refractivity contribution is 7.89. The van der Waals surface area contributed by atoms with Gasteiger partial charge in [0.2, 0.25) is 15.9 Å². The lowest BCUT2D eigenvalue weighted by molar-refractivity contribution is -0.116. The lowest BCUT2D eigenvalue weighted by Gasteiger charge is -2.22. The Morgan fingerprint density at radius 1 is 0.906 bits per heavy atom. The fourth-order valence-corrected chi connectivity index (χ4v) is 5.00. The second-order valence-electron chi connectivity index (χ2n) is 7.18. The van der Waals surface area contributed by atoms with Crippen molar-refractivity contribution >= 4 is 56.4 Å². The Labute approximate surface area is 203 Å². The van der Waals surface area contributed by atoms with Crippen molar-refractivity contribution in [2.75, 3.05) is 18.4 Å². The number of hydrogen-bond acceptors (Lipinski definition) is 3. The van der Waals surface area contributed by atoms with Crippen molar-refractivity contribution < 1.29 is 13.2 Å². The molecule has 3 aromatic carbocycles. The summed E-state index contributed by atoms with van der Waals surface area (Å²) in [5.74, 6) is -0.547. The molecule has 0 bridgehead atoms. The average Bonchev–Trinajstić information content (AvgIpc) is 2.76. The summed E-state index contributed by atoms with van der Waals surface area (Å²) >= 11 is 18.1. The van der Waals surface area contributed by atoms with E-state index >= 15 is 0 Å². The predicted molar refractivity (Wildman–Crippen MR) is 130 cm³/mol. The number of nitrogens with one attached hydrogen (secondary N) is 1. The van der Waals surface area contributed by atoms with E-state index < -0.39 is 15.9 Å². The zero-order valence-electron chi connectivity index (χ0n) is 17.2. The Bertz CT molecular complexity index is 1200. The maximum atomic E-state index is 13.3. The van der Waals surface area contributed by atoms with Crippen molar-refractivity contribution in [1.82, 2.24) is 4.31 Å². The summed E-state index contributed by atoms with van der Waals surface area (Å²) < 4.78 is 27.8. The van der Waals surface area contributed by atoms with Gasteiger partial charge in [-0.05, 0) is 43.2 Å². The molecule has 0 atom stereocenters. The van der Waals surface area contributed by atoms with E-state index in [2.05, 4.69) is 5.32 Å². The third-order valence-corrected chi connectivity index (χ3v) is 7.65. The summed E-state index contributed by atoms with van der Waals surface area (Å²) in [6, 6.07) is 18.8. The number of anilines is 1. The Morgan fingerprint density at radius 3 is 2.19 bits per heavy atom. The molecule has 168 valence electrons. The first-order chi connectivity index (χ1) is 15.2. The molecule has 0 unspecified atom stereocenters. The fraction of sp³-hybridized carbons (Fsp3) is 0.174. The summed E-state index contributed by atoms with van der Waals surface area (Å²) in [4.78, 5) is 12.9. The summed E-state index contributed by atoms with van der Waals surface area (Å²) in [6.07, 6.45) is 0.451. The van der Waals surface area contributed by atoms with E-state index in [0.29, 0.717) is 6.42 Å². The molecule has 1 N–H and O–H groups in total. The minimum atomic E-state index is -3.91. The Hall–Kier alpha value is -2.09. The SMILES string of the molecule is Cc1ccc(S(=O)(=O)N(CCc2ccccc2)CC(=O)Nc2cc(Cl)c(Cl)cc2Cl)cc1. The van der Waals surface area contributed by atoms with Crippen LogP contribution in [0, 0.1) is 6.92 Å². The van der Waals surface area contributed by atoms with Gasteiger partial charge in [-0.25, -0.2) is 8.42 Å². The number of nitrogens with zero attached hydrogens (tertiary/aromatic N) is 1. The van der Waals surface area contributed by atoms with E-state index in [1.165, 1.54) is 24.3 Å². The zero-order valence-corrected chi connectivity index (χ0v) is 20.3. The molecule has 0 radical (unpaired) electrons. The van der Waals surface area contributed by atoms with Gasteiger partial charge >= 0.3 is 0 Å². The molecule has 9 heteroatoms. The molecule has 0 fully saturated rings. The maximum absolute atomic E-state index is 13.3. The van der Waals surface area contributed by atoms with E-state index in [-0.39, 0.29) is 38.7 Å². The highest BCUT2D eigenvalue weighted by Crippen LogP contribution is 2.32. The van der Waals surface area contributed by atoms with Crippen molar-refractivity contribution in [3.05, 3.63) is 92.9 Å². The standard InChI is InChI=1S/C23H21Cl3N2O3S/c1-16-7-9-18(10-8-16)32(30,31)28(12-11-17-5-3-2-4-6-17)15-23(29)27-22-14-20(25)19(24)13-21(22)26/h2-10,13-14H,11-12,15H2,1H3,(H,27,29). The third-order valence-electron chi connectivity index (χ3n) is 4.76. The van der Waals surface area contributed by atoms with Gasteiger partial charge in [0.25, 0.3) is 0 Å². The number of hydrogen-bond donors (Lipinski definition) is 1. The van der Waals surface area contributed by atoms with Gasteiger partial charge in [0.1, 0.15) is 0 Å². The fourth-order valence-electron chi connectivity index (χ4n) is 3.01. The lowest BCUT2D eigenvalue weighted by atomic mass is 10.1. The van der Waals surface area contributed by atoms with Gasteiger partial charge in [-0.15, -0.1) is 0 Å². The largest absolute Gasteiger partial charge is 0.324 e. The molecular formula is C23H21Cl3N2O3S. The minimum absolute atomic E-state index is 0.122. The number of rotatable bonds is 8. The van der Waals surface area contributed by atoms with Crippen molar-refractivity contribution in [3.63, 3.8) is 0 Å². The monoisotopic (exact) mass is 510 g/mol. The van der Waals surface area contributed by atoms with E-state index in [4.69, 9.17) is 34.8 Å². The van der Waals surface area contributed by atoms with Crippen LogP contribution in [0.2, 0.25) is 15.1 Å². The number of halogens is 3. The summed E-state index contributed by atoms with van der Waals surface area (Å²) in [5.41, 5.74) is 2.15. The number of carbonyl (C=O) groups excluding carboxylic acids is 1. The van der Waals surface area contributed by atoms with Crippen molar-refractivity contribution in [3.8, 4) is 0 Å². The smallest absolute Gasteiger partial charge is 0.243 e. The first-order valence-electron chi connectivity index (χ1n) is 9.72. The summed E-state index contributed by atoms with van der Waals surface area (Å²) in [5, 5.41) is 3.29. The van der Waals surface area contributed by atoms with Gasteiger partial charge in [0, 0.05) is 6.54 Å². The van der Waals surface area contributed by atoms with Gasteiger partial charge in [-0.3, -0.25) is 4.79 Å². The molecule has 0 aliphatic rings. The van der Waals surface area contributed by atoms with Crippen LogP contribution in [0.25, 0.3) is 0 Å². The molecule has 0 aliphatic heterocycles. The Morgan fingerprint density at radius 2 is 1.53 bits per heavy atom. The van der Waals surface area contributed by atoms with E-state index in [1.54, 1.807) is 12.1 Å². The lowest BCUT2D eigenvalue weighted by Crippen LogP contribution is -2.39. The quantitative estimate of drug-likeness (QED) is 0.387. The average molecular weight is 512 g/mol. The Balaban J connectivity index is 1.83. The van der Waals surface area contributed by atoms with E-state index in [9.17, 15) is 13.2 Å². The molecule has 3 aromatic rings. The summed E-state index contributed by atoms with van der Waals surface area (Å²) in [6.45, 7) is 1.61. The predicted octanol–water partition coefficient (Wildman–Crippen LogP) is 5.83. The molecule has 0 saturated heterocycles. The number of carbonyl (C=O) groups is 1. The first-order valence-corrected chi connectivity index (χ1v) is 12.3. The summed E-state index contributed by atoms with van der Waals surface area (Å²) in [7, 11) is -3.91. The number of benzene rings is 3. The van der Waals surface area contributed by atoms with Gasteiger partial charge in [-0.2, -0.15) is 4.31 Å². The van der Waals surface area contributed by atoms with Gasteiger partial charge in [0.05, 0.1) is 32.2 Å². The van der Waals surface area contributed by atoms with Crippen LogP contribution in [0.1, 0.15) is 11.1 Å². The van der Waals surface area contributed by atoms with Crippen LogP contribution in [0.3, 0.4) is 0 Å². The highest BCUT2D eigenvalue weighted by Gasteiger charge is 2.27. The number of sulfonamides is 1. The minimum Gasteiger partial charge on any atom is -0.324 e. The molecule has 5 nitrogen and oxygen atoms in total. The van der Waals surface area contributed by atoms with Gasteiger partial charge < -0.3 is 5.32 Å². The van der Waals surface area contributed by atoms with Crippen LogP contribution in [0.4, 0.5) is 5.69 Å². The van der Waals surface area contributed by atoms with Gasteiger partial charge in [0.15, 0.2) is 0 Å². The maximum Gasteiger partial charge on any atom is 0.243 e. The topological polar surface area (TPSA) is 66.5 Å². The molecular weight excluding hydrogens is 491 g/mol. The van der Waals surface area contributed by atoms with Crippen LogP contribution in [-0.2, 0) is 21.2 Å². The third kappa shape index (κ3) is 6.24.